The first-order valence-electron chi connectivity index (χ1n) is 6.68. The van der Waals surface area contributed by atoms with Crippen molar-refractivity contribution in [3.8, 4) is 5.75 Å². The van der Waals surface area contributed by atoms with E-state index < -0.39 is 0 Å². The van der Waals surface area contributed by atoms with E-state index in [0.29, 0.717) is 42.0 Å². The first-order chi connectivity index (χ1) is 10.7. The second-order valence-electron chi connectivity index (χ2n) is 4.34. The molecule has 0 aliphatic heterocycles. The van der Waals surface area contributed by atoms with Gasteiger partial charge in [-0.25, -0.2) is 4.79 Å². The molecule has 1 heterocycles. The molecule has 22 heavy (non-hydrogen) atoms. The van der Waals surface area contributed by atoms with E-state index in [0.717, 1.165) is 0 Å². The Morgan fingerprint density at radius 2 is 2.14 bits per heavy atom. The molecule has 2 aromatic rings. The number of carbonyl (C=O) groups excluding carboxylic acids is 1. The Bertz CT molecular complexity index is 602. The standard InChI is InChI=1S/C15H17ClN2O4/c1-20-8-9-22-14-12(16)5-2-6-13(14)18-15(19)17-10-11-4-3-7-21-11/h2-7H,8-10H2,1H3,(H2,17,18,19). The summed E-state index contributed by atoms with van der Waals surface area (Å²) in [5.41, 5.74) is 0.487. The first kappa shape index (κ1) is 16.2. The van der Waals surface area contributed by atoms with E-state index >= 15 is 0 Å². The number of anilines is 1. The average molecular weight is 325 g/mol. The molecule has 0 saturated heterocycles. The van der Waals surface area contributed by atoms with Crippen LogP contribution in [0.2, 0.25) is 5.02 Å². The Morgan fingerprint density at radius 3 is 2.86 bits per heavy atom. The Labute approximate surface area is 133 Å². The van der Waals surface area contributed by atoms with Crippen molar-refractivity contribution in [3.63, 3.8) is 0 Å². The number of methoxy groups -OCH3 is 1. The summed E-state index contributed by atoms with van der Waals surface area (Å²) in [5, 5.41) is 5.80. The van der Waals surface area contributed by atoms with Crippen molar-refractivity contribution in [1.29, 1.82) is 0 Å². The molecule has 0 saturated carbocycles. The van der Waals surface area contributed by atoms with E-state index in [9.17, 15) is 4.79 Å². The van der Waals surface area contributed by atoms with Crippen LogP contribution in [0.3, 0.4) is 0 Å². The van der Waals surface area contributed by atoms with Gasteiger partial charge in [0.1, 0.15) is 12.4 Å². The van der Waals surface area contributed by atoms with E-state index in [2.05, 4.69) is 10.6 Å². The molecule has 0 bridgehead atoms. The highest BCUT2D eigenvalue weighted by Gasteiger charge is 2.11. The number of carbonyl (C=O) groups is 1. The number of nitrogens with one attached hydrogen (secondary N) is 2. The third-order valence-corrected chi connectivity index (χ3v) is 3.05. The van der Waals surface area contributed by atoms with E-state index in [1.807, 2.05) is 0 Å². The van der Waals surface area contributed by atoms with Gasteiger partial charge in [-0.3, -0.25) is 0 Å². The molecule has 0 unspecified atom stereocenters. The number of furan rings is 1. The van der Waals surface area contributed by atoms with Gasteiger partial charge in [-0.15, -0.1) is 0 Å². The maximum atomic E-state index is 11.9. The second-order valence-corrected chi connectivity index (χ2v) is 4.75. The number of ether oxygens (including phenoxy) is 2. The Morgan fingerprint density at radius 1 is 1.27 bits per heavy atom. The zero-order chi connectivity index (χ0) is 15.8. The average Bonchev–Trinajstić information content (AvgIpc) is 3.01. The van der Waals surface area contributed by atoms with Crippen molar-refractivity contribution in [1.82, 2.24) is 5.32 Å². The van der Waals surface area contributed by atoms with Gasteiger partial charge in [0.25, 0.3) is 0 Å². The van der Waals surface area contributed by atoms with Crippen molar-refractivity contribution < 1.29 is 18.7 Å². The normalized spacial score (nSPS) is 10.3. The van der Waals surface area contributed by atoms with Crippen LogP contribution >= 0.6 is 11.6 Å². The van der Waals surface area contributed by atoms with Crippen LogP contribution in [0.1, 0.15) is 5.76 Å². The highest BCUT2D eigenvalue weighted by atomic mass is 35.5. The third kappa shape index (κ3) is 4.68. The summed E-state index contributed by atoms with van der Waals surface area (Å²) in [6.45, 7) is 1.05. The van der Waals surface area contributed by atoms with Crippen LogP contribution in [0.4, 0.5) is 10.5 Å². The van der Waals surface area contributed by atoms with Crippen LogP contribution in [0.25, 0.3) is 0 Å². The van der Waals surface area contributed by atoms with E-state index in [1.54, 1.807) is 43.7 Å². The van der Waals surface area contributed by atoms with E-state index in [-0.39, 0.29) is 6.03 Å². The lowest BCUT2D eigenvalue weighted by Gasteiger charge is -2.14. The Hall–Kier alpha value is -2.18. The van der Waals surface area contributed by atoms with Crippen molar-refractivity contribution in [2.45, 2.75) is 6.54 Å². The fourth-order valence-corrected chi connectivity index (χ4v) is 1.96. The summed E-state index contributed by atoms with van der Waals surface area (Å²) < 4.78 is 15.6. The lowest BCUT2D eigenvalue weighted by molar-refractivity contribution is 0.146. The van der Waals surface area contributed by atoms with Gasteiger partial charge in [-0.2, -0.15) is 0 Å². The predicted molar refractivity (Wildman–Crippen MR) is 83.4 cm³/mol. The van der Waals surface area contributed by atoms with Crippen molar-refractivity contribution in [2.75, 3.05) is 25.6 Å². The molecule has 0 radical (unpaired) electrons. The molecular weight excluding hydrogens is 308 g/mol. The summed E-state index contributed by atoms with van der Waals surface area (Å²) >= 11 is 6.10. The van der Waals surface area contributed by atoms with E-state index in [1.165, 1.54) is 0 Å². The lowest BCUT2D eigenvalue weighted by Crippen LogP contribution is -2.28. The predicted octanol–water partition coefficient (Wildman–Crippen LogP) is 3.28. The number of amides is 2. The van der Waals surface area contributed by atoms with Crippen molar-refractivity contribution >= 4 is 23.3 Å². The molecular formula is C15H17ClN2O4. The number of urea groups is 1. The van der Waals surface area contributed by atoms with Crippen molar-refractivity contribution in [2.24, 2.45) is 0 Å². The van der Waals surface area contributed by atoms with Gasteiger partial charge in [0.15, 0.2) is 5.75 Å². The molecule has 0 aliphatic carbocycles. The zero-order valence-electron chi connectivity index (χ0n) is 12.1. The van der Waals surface area contributed by atoms with Gasteiger partial charge < -0.3 is 24.5 Å². The lowest BCUT2D eigenvalue weighted by atomic mass is 10.3. The largest absolute Gasteiger partial charge is 0.487 e. The van der Waals surface area contributed by atoms with Gasteiger partial charge >= 0.3 is 6.03 Å². The maximum absolute atomic E-state index is 11.9. The first-order valence-corrected chi connectivity index (χ1v) is 7.06. The monoisotopic (exact) mass is 324 g/mol. The minimum atomic E-state index is -0.379. The number of hydrogen-bond donors (Lipinski definition) is 2. The van der Waals surface area contributed by atoms with Gasteiger partial charge in [0.2, 0.25) is 0 Å². The second kappa shape index (κ2) is 8.31. The summed E-state index contributed by atoms with van der Waals surface area (Å²) in [4.78, 5) is 11.9. The van der Waals surface area contributed by atoms with Gasteiger partial charge in [-0.05, 0) is 24.3 Å². The van der Waals surface area contributed by atoms with Crippen LogP contribution in [-0.2, 0) is 11.3 Å². The van der Waals surface area contributed by atoms with E-state index in [4.69, 9.17) is 25.5 Å². The Kier molecular flexibility index (Phi) is 6.12. The fraction of sp³-hybridized carbons (Fsp3) is 0.267. The summed E-state index contributed by atoms with van der Waals surface area (Å²) in [6.07, 6.45) is 1.55. The number of benzene rings is 1. The number of halogens is 1. The minimum Gasteiger partial charge on any atom is -0.487 e. The zero-order valence-corrected chi connectivity index (χ0v) is 12.9. The molecule has 0 atom stereocenters. The van der Waals surface area contributed by atoms with Crippen LogP contribution in [0.5, 0.6) is 5.75 Å². The molecule has 0 aliphatic rings. The van der Waals surface area contributed by atoms with Crippen molar-refractivity contribution in [3.05, 3.63) is 47.4 Å². The molecule has 0 fully saturated rings. The summed E-state index contributed by atoms with van der Waals surface area (Å²) in [7, 11) is 1.58. The molecule has 1 aromatic carbocycles. The fourth-order valence-electron chi connectivity index (χ4n) is 1.73. The minimum absolute atomic E-state index is 0.291. The molecule has 2 rings (SSSR count). The number of para-hydroxylation sites is 1. The smallest absolute Gasteiger partial charge is 0.319 e. The quantitative estimate of drug-likeness (QED) is 0.767. The molecule has 2 N–H and O–H groups in total. The number of hydrogen-bond acceptors (Lipinski definition) is 4. The molecule has 7 heteroatoms. The van der Waals surface area contributed by atoms with Crippen LogP contribution in [-0.4, -0.2) is 26.4 Å². The third-order valence-electron chi connectivity index (χ3n) is 2.75. The topological polar surface area (TPSA) is 72.7 Å². The molecule has 118 valence electrons. The van der Waals surface area contributed by atoms with Crippen LogP contribution in [0.15, 0.2) is 41.0 Å². The highest BCUT2D eigenvalue weighted by molar-refractivity contribution is 6.32. The SMILES string of the molecule is COCCOc1c(Cl)cccc1NC(=O)NCc1ccco1. The molecule has 6 nitrogen and oxygen atoms in total. The molecule has 0 spiro atoms. The highest BCUT2D eigenvalue weighted by Crippen LogP contribution is 2.32. The summed E-state index contributed by atoms with van der Waals surface area (Å²) in [6, 6.07) is 8.28. The molecule has 2 amide bonds. The summed E-state index contributed by atoms with van der Waals surface area (Å²) in [5.74, 6) is 1.08. The Balaban J connectivity index is 1.95. The molecule has 1 aromatic heterocycles. The van der Waals surface area contributed by atoms with Gasteiger partial charge in [0, 0.05) is 7.11 Å². The van der Waals surface area contributed by atoms with Crippen LogP contribution in [0, 0.1) is 0 Å². The van der Waals surface area contributed by atoms with Crippen LogP contribution < -0.4 is 15.4 Å². The maximum Gasteiger partial charge on any atom is 0.319 e. The number of rotatable bonds is 7. The van der Waals surface area contributed by atoms with Gasteiger partial charge in [0.05, 0.1) is 30.1 Å². The van der Waals surface area contributed by atoms with Gasteiger partial charge in [-0.1, -0.05) is 17.7 Å².